The number of hydrogen-bond acceptors (Lipinski definition) is 2. The average molecular weight is 293 g/mol. The second-order valence-electron chi connectivity index (χ2n) is 5.31. The molecule has 2 N–H and O–H groups in total. The lowest BCUT2D eigenvalue weighted by Crippen LogP contribution is -2.46. The molecule has 3 amide bonds. The van der Waals surface area contributed by atoms with Crippen LogP contribution in [-0.4, -0.2) is 30.6 Å². The van der Waals surface area contributed by atoms with Crippen molar-refractivity contribution in [3.05, 3.63) is 30.1 Å². The number of halogens is 1. The van der Waals surface area contributed by atoms with Gasteiger partial charge in [-0.1, -0.05) is 6.92 Å². The van der Waals surface area contributed by atoms with Crippen molar-refractivity contribution < 1.29 is 14.0 Å². The quantitative estimate of drug-likeness (QED) is 0.892. The van der Waals surface area contributed by atoms with Gasteiger partial charge in [0.05, 0.1) is 6.04 Å². The molecule has 6 heteroatoms. The van der Waals surface area contributed by atoms with E-state index in [1.165, 1.54) is 12.1 Å². The molecule has 5 nitrogen and oxygen atoms in total. The van der Waals surface area contributed by atoms with E-state index in [1.807, 2.05) is 13.8 Å². The van der Waals surface area contributed by atoms with Crippen molar-refractivity contribution in [1.82, 2.24) is 10.6 Å². The first-order valence-corrected chi connectivity index (χ1v) is 7.12. The predicted octanol–water partition coefficient (Wildman–Crippen LogP) is 2.03. The van der Waals surface area contributed by atoms with Crippen LogP contribution in [0.3, 0.4) is 0 Å². The molecule has 0 aliphatic carbocycles. The molecule has 1 saturated heterocycles. The highest BCUT2D eigenvalue weighted by atomic mass is 19.1. The number of anilines is 1. The highest BCUT2D eigenvalue weighted by Gasteiger charge is 2.31. The molecule has 0 radical (unpaired) electrons. The monoisotopic (exact) mass is 293 g/mol. The minimum atomic E-state index is -0.340. The van der Waals surface area contributed by atoms with E-state index in [0.717, 1.165) is 6.42 Å². The molecule has 0 aromatic heterocycles. The lowest BCUT2D eigenvalue weighted by Gasteiger charge is -2.18. The van der Waals surface area contributed by atoms with Gasteiger partial charge in [-0.25, -0.2) is 9.18 Å². The summed E-state index contributed by atoms with van der Waals surface area (Å²) in [5.74, 6) is -0.413. The summed E-state index contributed by atoms with van der Waals surface area (Å²) >= 11 is 0. The minimum Gasteiger partial charge on any atom is -0.336 e. The molecular formula is C15H20FN3O2. The molecule has 0 unspecified atom stereocenters. The van der Waals surface area contributed by atoms with Gasteiger partial charge in [0.1, 0.15) is 5.82 Å². The molecule has 1 heterocycles. The molecule has 0 saturated carbocycles. The van der Waals surface area contributed by atoms with Crippen LogP contribution >= 0.6 is 0 Å². The van der Waals surface area contributed by atoms with E-state index in [2.05, 4.69) is 10.6 Å². The molecular weight excluding hydrogens is 273 g/mol. The molecule has 0 bridgehead atoms. The molecule has 1 fully saturated rings. The summed E-state index contributed by atoms with van der Waals surface area (Å²) in [6, 6.07) is 5.37. The molecule has 21 heavy (non-hydrogen) atoms. The summed E-state index contributed by atoms with van der Waals surface area (Å²) in [6.45, 7) is 4.31. The van der Waals surface area contributed by atoms with Gasteiger partial charge in [-0.3, -0.25) is 4.79 Å². The fourth-order valence-corrected chi connectivity index (χ4v) is 2.23. The van der Waals surface area contributed by atoms with E-state index >= 15 is 0 Å². The molecule has 1 aliphatic heterocycles. The van der Waals surface area contributed by atoms with Crippen molar-refractivity contribution in [3.8, 4) is 0 Å². The van der Waals surface area contributed by atoms with Crippen LogP contribution in [0, 0.1) is 5.82 Å². The first kappa shape index (κ1) is 15.3. The largest absolute Gasteiger partial charge is 0.336 e. The van der Waals surface area contributed by atoms with Crippen molar-refractivity contribution >= 4 is 17.6 Å². The van der Waals surface area contributed by atoms with Gasteiger partial charge in [0.25, 0.3) is 0 Å². The number of nitrogens with one attached hydrogen (secondary N) is 2. The van der Waals surface area contributed by atoms with E-state index < -0.39 is 0 Å². The Hall–Kier alpha value is -2.11. The van der Waals surface area contributed by atoms with Crippen molar-refractivity contribution in [2.75, 3.05) is 11.4 Å². The molecule has 1 aromatic rings. The highest BCUT2D eigenvalue weighted by Crippen LogP contribution is 2.21. The Kier molecular flexibility index (Phi) is 4.77. The van der Waals surface area contributed by atoms with Crippen molar-refractivity contribution in [2.24, 2.45) is 0 Å². The number of amides is 3. The Morgan fingerprint density at radius 2 is 2.10 bits per heavy atom. The SMILES string of the molecule is CC[C@@H](C)NC(=O)N[C@@H]1CC(=O)N(c2ccc(F)cc2)C1. The van der Waals surface area contributed by atoms with E-state index in [0.29, 0.717) is 12.2 Å². The van der Waals surface area contributed by atoms with Crippen LogP contribution in [0.4, 0.5) is 14.9 Å². The summed E-state index contributed by atoms with van der Waals surface area (Å²) in [4.78, 5) is 25.3. The van der Waals surface area contributed by atoms with Gasteiger partial charge in [0.2, 0.25) is 5.91 Å². The Morgan fingerprint density at radius 3 is 2.71 bits per heavy atom. The van der Waals surface area contributed by atoms with Crippen LogP contribution in [-0.2, 0) is 4.79 Å². The van der Waals surface area contributed by atoms with Crippen LogP contribution < -0.4 is 15.5 Å². The third-order valence-corrected chi connectivity index (χ3v) is 3.59. The zero-order chi connectivity index (χ0) is 15.4. The van der Waals surface area contributed by atoms with Gasteiger partial charge in [-0.2, -0.15) is 0 Å². The predicted molar refractivity (Wildman–Crippen MR) is 78.6 cm³/mol. The van der Waals surface area contributed by atoms with E-state index in [1.54, 1.807) is 17.0 Å². The average Bonchev–Trinajstić information content (AvgIpc) is 2.80. The normalized spacial score (nSPS) is 19.5. The molecule has 114 valence electrons. The highest BCUT2D eigenvalue weighted by molar-refractivity contribution is 5.96. The van der Waals surface area contributed by atoms with Gasteiger partial charge in [-0.05, 0) is 37.6 Å². The number of urea groups is 1. The van der Waals surface area contributed by atoms with E-state index in [9.17, 15) is 14.0 Å². The van der Waals surface area contributed by atoms with Crippen molar-refractivity contribution in [1.29, 1.82) is 0 Å². The fraction of sp³-hybridized carbons (Fsp3) is 0.467. The van der Waals surface area contributed by atoms with Crippen molar-refractivity contribution in [2.45, 2.75) is 38.8 Å². The first-order valence-electron chi connectivity index (χ1n) is 7.12. The summed E-state index contributed by atoms with van der Waals surface area (Å²) in [6.07, 6.45) is 1.10. The summed E-state index contributed by atoms with van der Waals surface area (Å²) < 4.78 is 12.9. The second-order valence-corrected chi connectivity index (χ2v) is 5.31. The smallest absolute Gasteiger partial charge is 0.315 e. The maximum Gasteiger partial charge on any atom is 0.315 e. The van der Waals surface area contributed by atoms with Gasteiger partial charge >= 0.3 is 6.03 Å². The molecule has 1 aromatic carbocycles. The van der Waals surface area contributed by atoms with Crippen LogP contribution in [0.2, 0.25) is 0 Å². The zero-order valence-electron chi connectivity index (χ0n) is 12.2. The third kappa shape index (κ3) is 3.93. The van der Waals surface area contributed by atoms with E-state index in [4.69, 9.17) is 0 Å². The first-order chi connectivity index (χ1) is 9.99. The third-order valence-electron chi connectivity index (χ3n) is 3.59. The lowest BCUT2D eigenvalue weighted by molar-refractivity contribution is -0.117. The molecule has 0 spiro atoms. The Labute approximate surface area is 123 Å². The number of benzene rings is 1. The Balaban J connectivity index is 1.93. The molecule has 1 aliphatic rings. The summed E-state index contributed by atoms with van der Waals surface area (Å²) in [5.41, 5.74) is 0.646. The number of nitrogens with zero attached hydrogens (tertiary/aromatic N) is 1. The van der Waals surface area contributed by atoms with Crippen LogP contribution in [0.15, 0.2) is 24.3 Å². The van der Waals surface area contributed by atoms with Gasteiger partial charge in [0, 0.05) is 24.7 Å². The fourth-order valence-electron chi connectivity index (χ4n) is 2.23. The number of carbonyl (C=O) groups excluding carboxylic acids is 2. The van der Waals surface area contributed by atoms with Crippen LogP contribution in [0.1, 0.15) is 26.7 Å². The maximum absolute atomic E-state index is 12.9. The zero-order valence-corrected chi connectivity index (χ0v) is 12.2. The standard InChI is InChI=1S/C15H20FN3O2/c1-3-10(2)17-15(21)18-12-8-14(20)19(9-12)13-6-4-11(16)5-7-13/h4-7,10,12H,3,8-9H2,1-2H3,(H2,17,18,21)/t10-,12-/m1/s1. The van der Waals surface area contributed by atoms with Crippen LogP contribution in [0.5, 0.6) is 0 Å². The van der Waals surface area contributed by atoms with Gasteiger partial charge in [0.15, 0.2) is 0 Å². The molecule has 2 rings (SSSR count). The Bertz CT molecular complexity index is 518. The summed E-state index contributed by atoms with van der Waals surface area (Å²) in [7, 11) is 0. The number of rotatable bonds is 4. The number of hydrogen-bond donors (Lipinski definition) is 2. The van der Waals surface area contributed by atoms with Crippen molar-refractivity contribution in [3.63, 3.8) is 0 Å². The number of carbonyl (C=O) groups is 2. The van der Waals surface area contributed by atoms with Gasteiger partial charge in [-0.15, -0.1) is 0 Å². The van der Waals surface area contributed by atoms with Gasteiger partial charge < -0.3 is 15.5 Å². The molecule has 2 atom stereocenters. The minimum absolute atomic E-state index is 0.0737. The van der Waals surface area contributed by atoms with E-state index in [-0.39, 0.29) is 36.3 Å². The second kappa shape index (κ2) is 6.56. The lowest BCUT2D eigenvalue weighted by atomic mass is 10.2. The maximum atomic E-state index is 12.9. The summed E-state index contributed by atoms with van der Waals surface area (Å²) in [5, 5.41) is 5.60. The van der Waals surface area contributed by atoms with Crippen LogP contribution in [0.25, 0.3) is 0 Å². The Morgan fingerprint density at radius 1 is 1.43 bits per heavy atom. The topological polar surface area (TPSA) is 61.4 Å².